The van der Waals surface area contributed by atoms with Crippen molar-refractivity contribution >= 4 is 29.9 Å². The SMILES string of the molecule is CC(NC(=O)C1(N)CCOCC1)C(=O)Nc1ccccc1.Cl. The molecule has 1 fully saturated rings. The van der Waals surface area contributed by atoms with Crippen LogP contribution in [0.3, 0.4) is 0 Å². The van der Waals surface area contributed by atoms with Crippen LogP contribution in [0, 0.1) is 0 Å². The lowest BCUT2D eigenvalue weighted by Gasteiger charge is -2.32. The third-order valence-electron chi connectivity index (χ3n) is 3.62. The third kappa shape index (κ3) is 4.69. The predicted octanol–water partition coefficient (Wildman–Crippen LogP) is 1.06. The van der Waals surface area contributed by atoms with E-state index in [0.29, 0.717) is 31.7 Å². The molecule has 1 heterocycles. The molecule has 1 aromatic carbocycles. The molecule has 0 aliphatic carbocycles. The number of rotatable bonds is 4. The van der Waals surface area contributed by atoms with Crippen molar-refractivity contribution in [3.63, 3.8) is 0 Å². The Hall–Kier alpha value is -1.63. The number of nitrogens with two attached hydrogens (primary N) is 1. The summed E-state index contributed by atoms with van der Waals surface area (Å²) in [4.78, 5) is 24.3. The van der Waals surface area contributed by atoms with Gasteiger partial charge in [0.25, 0.3) is 0 Å². The summed E-state index contributed by atoms with van der Waals surface area (Å²) >= 11 is 0. The highest BCUT2D eigenvalue weighted by molar-refractivity contribution is 5.98. The Morgan fingerprint density at radius 2 is 1.82 bits per heavy atom. The van der Waals surface area contributed by atoms with E-state index in [2.05, 4.69) is 10.6 Å². The third-order valence-corrected chi connectivity index (χ3v) is 3.62. The number of para-hydroxylation sites is 1. The number of hydrogen-bond acceptors (Lipinski definition) is 4. The van der Waals surface area contributed by atoms with Crippen LogP contribution >= 0.6 is 12.4 Å². The fourth-order valence-corrected chi connectivity index (χ4v) is 2.14. The van der Waals surface area contributed by atoms with Gasteiger partial charge in [-0.3, -0.25) is 9.59 Å². The quantitative estimate of drug-likeness (QED) is 0.771. The molecule has 1 aromatic rings. The molecule has 1 saturated heterocycles. The molecule has 0 bridgehead atoms. The van der Waals surface area contributed by atoms with Crippen LogP contribution in [0.15, 0.2) is 30.3 Å². The van der Waals surface area contributed by atoms with Crippen LogP contribution in [0.25, 0.3) is 0 Å². The topological polar surface area (TPSA) is 93.5 Å². The minimum Gasteiger partial charge on any atom is -0.381 e. The molecule has 6 nitrogen and oxygen atoms in total. The molecular weight excluding hydrogens is 306 g/mol. The number of carbonyl (C=O) groups is 2. The van der Waals surface area contributed by atoms with Gasteiger partial charge in [-0.2, -0.15) is 0 Å². The fourth-order valence-electron chi connectivity index (χ4n) is 2.14. The first-order chi connectivity index (χ1) is 10.0. The minimum absolute atomic E-state index is 0. The van der Waals surface area contributed by atoms with Crippen molar-refractivity contribution < 1.29 is 14.3 Å². The molecule has 7 heteroatoms. The van der Waals surface area contributed by atoms with Crippen LogP contribution in [0.4, 0.5) is 5.69 Å². The Morgan fingerprint density at radius 1 is 1.23 bits per heavy atom. The van der Waals surface area contributed by atoms with Gasteiger partial charge in [-0.1, -0.05) is 18.2 Å². The Bertz CT molecular complexity index is 504. The standard InChI is InChI=1S/C15H21N3O3.ClH/c1-11(13(19)18-12-5-3-2-4-6-12)17-14(20)15(16)7-9-21-10-8-15;/h2-6,11H,7-10,16H2,1H3,(H,17,20)(H,18,19);1H. The molecule has 0 spiro atoms. The molecule has 2 rings (SSSR count). The van der Waals surface area contributed by atoms with Gasteiger partial charge in [0.05, 0.1) is 5.54 Å². The van der Waals surface area contributed by atoms with Crippen molar-refractivity contribution in [2.24, 2.45) is 5.73 Å². The van der Waals surface area contributed by atoms with Gasteiger partial charge in [0.2, 0.25) is 11.8 Å². The number of halogens is 1. The van der Waals surface area contributed by atoms with Gasteiger partial charge in [0.15, 0.2) is 0 Å². The molecule has 22 heavy (non-hydrogen) atoms. The second-order valence-electron chi connectivity index (χ2n) is 5.32. The molecule has 1 aliphatic rings. The summed E-state index contributed by atoms with van der Waals surface area (Å²) in [6.07, 6.45) is 0.928. The number of benzene rings is 1. The maximum Gasteiger partial charge on any atom is 0.246 e. The number of hydrogen-bond donors (Lipinski definition) is 3. The molecule has 1 atom stereocenters. The highest BCUT2D eigenvalue weighted by Crippen LogP contribution is 2.18. The summed E-state index contributed by atoms with van der Waals surface area (Å²) in [6.45, 7) is 2.57. The summed E-state index contributed by atoms with van der Waals surface area (Å²) in [7, 11) is 0. The molecule has 4 N–H and O–H groups in total. The first-order valence-corrected chi connectivity index (χ1v) is 7.05. The van der Waals surface area contributed by atoms with Gasteiger partial charge >= 0.3 is 0 Å². The van der Waals surface area contributed by atoms with Crippen molar-refractivity contribution in [2.45, 2.75) is 31.3 Å². The van der Waals surface area contributed by atoms with E-state index >= 15 is 0 Å². The number of amides is 2. The minimum atomic E-state index is -0.945. The number of nitrogens with one attached hydrogen (secondary N) is 2. The van der Waals surface area contributed by atoms with Crippen molar-refractivity contribution in [3.8, 4) is 0 Å². The van der Waals surface area contributed by atoms with E-state index in [1.807, 2.05) is 18.2 Å². The van der Waals surface area contributed by atoms with Gasteiger partial charge in [0, 0.05) is 18.9 Å². The van der Waals surface area contributed by atoms with Gasteiger partial charge in [0.1, 0.15) is 6.04 Å². The Labute approximate surface area is 136 Å². The Balaban J connectivity index is 0.00000242. The molecule has 122 valence electrons. The first kappa shape index (κ1) is 18.4. The lowest BCUT2D eigenvalue weighted by molar-refractivity contribution is -0.132. The normalized spacial score (nSPS) is 17.7. The average Bonchev–Trinajstić information content (AvgIpc) is 2.49. The van der Waals surface area contributed by atoms with Crippen LogP contribution in [-0.4, -0.2) is 36.6 Å². The summed E-state index contributed by atoms with van der Waals surface area (Å²) in [5.74, 6) is -0.577. The lowest BCUT2D eigenvalue weighted by atomic mass is 9.90. The van der Waals surface area contributed by atoms with Gasteiger partial charge in [-0.25, -0.2) is 0 Å². The number of ether oxygens (including phenoxy) is 1. The predicted molar refractivity (Wildman–Crippen MR) is 86.9 cm³/mol. The zero-order valence-corrected chi connectivity index (χ0v) is 13.3. The van der Waals surface area contributed by atoms with E-state index in [4.69, 9.17) is 10.5 Å². The summed E-state index contributed by atoms with van der Waals surface area (Å²) in [5, 5.41) is 5.42. The summed E-state index contributed by atoms with van der Waals surface area (Å²) in [5.41, 5.74) is 5.83. The van der Waals surface area contributed by atoms with Crippen LogP contribution in [0.1, 0.15) is 19.8 Å². The zero-order chi connectivity index (χ0) is 15.3. The zero-order valence-electron chi connectivity index (χ0n) is 12.5. The largest absolute Gasteiger partial charge is 0.381 e. The van der Waals surface area contributed by atoms with E-state index in [1.165, 1.54) is 0 Å². The van der Waals surface area contributed by atoms with Gasteiger partial charge < -0.3 is 21.1 Å². The Morgan fingerprint density at radius 3 is 2.41 bits per heavy atom. The summed E-state index contributed by atoms with van der Waals surface area (Å²) in [6, 6.07) is 8.45. The molecule has 0 saturated carbocycles. The van der Waals surface area contributed by atoms with Crippen LogP contribution < -0.4 is 16.4 Å². The van der Waals surface area contributed by atoms with Crippen LogP contribution in [0.2, 0.25) is 0 Å². The highest BCUT2D eigenvalue weighted by Gasteiger charge is 2.37. The molecular formula is C15H22ClN3O3. The van der Waals surface area contributed by atoms with Crippen molar-refractivity contribution in [1.29, 1.82) is 0 Å². The van der Waals surface area contributed by atoms with E-state index in [1.54, 1.807) is 19.1 Å². The molecule has 2 amide bonds. The Kier molecular flexibility index (Phi) is 6.80. The second-order valence-corrected chi connectivity index (χ2v) is 5.32. The highest BCUT2D eigenvalue weighted by atomic mass is 35.5. The first-order valence-electron chi connectivity index (χ1n) is 7.05. The molecule has 1 unspecified atom stereocenters. The monoisotopic (exact) mass is 327 g/mol. The smallest absolute Gasteiger partial charge is 0.246 e. The van der Waals surface area contributed by atoms with E-state index in [-0.39, 0.29) is 24.2 Å². The maximum absolute atomic E-state index is 12.2. The molecule has 0 radical (unpaired) electrons. The number of carbonyl (C=O) groups excluding carboxylic acids is 2. The van der Waals surface area contributed by atoms with Crippen molar-refractivity contribution in [1.82, 2.24) is 5.32 Å². The van der Waals surface area contributed by atoms with Gasteiger partial charge in [-0.05, 0) is 31.9 Å². The maximum atomic E-state index is 12.2. The van der Waals surface area contributed by atoms with Crippen LogP contribution in [-0.2, 0) is 14.3 Å². The van der Waals surface area contributed by atoms with E-state index in [0.717, 1.165) is 0 Å². The number of anilines is 1. The second kappa shape index (κ2) is 8.12. The average molecular weight is 328 g/mol. The molecule has 1 aliphatic heterocycles. The van der Waals surface area contributed by atoms with Crippen molar-refractivity contribution in [3.05, 3.63) is 30.3 Å². The fraction of sp³-hybridized carbons (Fsp3) is 0.467. The molecule has 0 aromatic heterocycles. The lowest BCUT2D eigenvalue weighted by Crippen LogP contribution is -2.59. The van der Waals surface area contributed by atoms with Crippen molar-refractivity contribution in [2.75, 3.05) is 18.5 Å². The summed E-state index contributed by atoms with van der Waals surface area (Å²) < 4.78 is 5.21. The van der Waals surface area contributed by atoms with Crippen LogP contribution in [0.5, 0.6) is 0 Å². The van der Waals surface area contributed by atoms with E-state index < -0.39 is 11.6 Å². The van der Waals surface area contributed by atoms with Gasteiger partial charge in [-0.15, -0.1) is 12.4 Å². The van der Waals surface area contributed by atoms with E-state index in [9.17, 15) is 9.59 Å².